The number of amides is 1. The summed E-state index contributed by atoms with van der Waals surface area (Å²) in [6.45, 7) is 8.47. The zero-order chi connectivity index (χ0) is 17.1. The van der Waals surface area contributed by atoms with Gasteiger partial charge in [0, 0.05) is 17.4 Å². The van der Waals surface area contributed by atoms with Crippen LogP contribution in [0.25, 0.3) is 11.3 Å². The van der Waals surface area contributed by atoms with Crippen LogP contribution in [-0.4, -0.2) is 24.0 Å². The summed E-state index contributed by atoms with van der Waals surface area (Å²) < 4.78 is 0. The molecule has 24 heavy (non-hydrogen) atoms. The average Bonchev–Trinajstić information content (AvgIpc) is 3.20. The highest BCUT2D eigenvalue weighted by Gasteiger charge is 2.16. The second-order valence-corrected chi connectivity index (χ2v) is 7.59. The minimum absolute atomic E-state index is 0.0691. The van der Waals surface area contributed by atoms with E-state index in [-0.39, 0.29) is 5.91 Å². The maximum absolute atomic E-state index is 12.1. The first-order valence-corrected chi connectivity index (χ1v) is 9.45. The molecule has 0 bridgehead atoms. The van der Waals surface area contributed by atoms with E-state index in [1.807, 2.05) is 5.38 Å². The fraction of sp³-hybridized carbons (Fsp3) is 0.474. The molecule has 2 aromatic rings. The van der Waals surface area contributed by atoms with Crippen molar-refractivity contribution >= 4 is 22.4 Å². The molecular weight excluding hydrogens is 318 g/mol. The Morgan fingerprint density at radius 1 is 1.29 bits per heavy atom. The molecule has 1 amide bonds. The van der Waals surface area contributed by atoms with E-state index in [0.29, 0.717) is 17.5 Å². The largest absolute Gasteiger partial charge is 0.316 e. The molecule has 3 rings (SSSR count). The van der Waals surface area contributed by atoms with Gasteiger partial charge >= 0.3 is 0 Å². The monoisotopic (exact) mass is 343 g/mol. The van der Waals surface area contributed by atoms with Gasteiger partial charge in [-0.2, -0.15) is 0 Å². The quantitative estimate of drug-likeness (QED) is 0.861. The molecule has 0 aliphatic carbocycles. The Balaban J connectivity index is 1.63. The van der Waals surface area contributed by atoms with Crippen LogP contribution in [0.15, 0.2) is 17.5 Å². The minimum Gasteiger partial charge on any atom is -0.316 e. The molecule has 5 heteroatoms. The Morgan fingerprint density at radius 3 is 2.83 bits per heavy atom. The van der Waals surface area contributed by atoms with Gasteiger partial charge in [0.05, 0.1) is 5.69 Å². The lowest BCUT2D eigenvalue weighted by Gasteiger charge is -2.08. The van der Waals surface area contributed by atoms with Gasteiger partial charge < -0.3 is 10.6 Å². The Bertz CT molecular complexity index is 732. The number of carbonyl (C=O) groups is 1. The van der Waals surface area contributed by atoms with Crippen molar-refractivity contribution in [2.45, 2.75) is 40.0 Å². The maximum atomic E-state index is 12.1. The first kappa shape index (κ1) is 17.1. The van der Waals surface area contributed by atoms with Crippen molar-refractivity contribution < 1.29 is 4.79 Å². The predicted octanol–water partition coefficient (Wildman–Crippen LogP) is 4.06. The number of nitrogens with one attached hydrogen (secondary N) is 2. The molecule has 1 aliphatic heterocycles. The van der Waals surface area contributed by atoms with E-state index in [4.69, 9.17) is 0 Å². The third kappa shape index (κ3) is 4.02. The number of nitrogens with zero attached hydrogens (tertiary/aromatic N) is 1. The van der Waals surface area contributed by atoms with Gasteiger partial charge in [-0.1, -0.05) is 6.07 Å². The van der Waals surface area contributed by atoms with Crippen molar-refractivity contribution in [2.75, 3.05) is 18.4 Å². The Morgan fingerprint density at radius 2 is 2.08 bits per heavy atom. The Hall–Kier alpha value is -1.72. The van der Waals surface area contributed by atoms with Gasteiger partial charge in [0.1, 0.15) is 0 Å². The Labute approximate surface area is 147 Å². The number of rotatable bonds is 5. The van der Waals surface area contributed by atoms with Crippen LogP contribution in [0.5, 0.6) is 0 Å². The van der Waals surface area contributed by atoms with Gasteiger partial charge in [-0.25, -0.2) is 4.98 Å². The van der Waals surface area contributed by atoms with Crippen LogP contribution in [0, 0.1) is 26.7 Å². The zero-order valence-corrected chi connectivity index (χ0v) is 15.4. The SMILES string of the molecule is Cc1cc(C)c(-c2csc(NC(=O)CCC3CCNC3)n2)cc1C. The number of hydrogen-bond acceptors (Lipinski definition) is 4. The van der Waals surface area contributed by atoms with Crippen LogP contribution >= 0.6 is 11.3 Å². The third-order valence-electron chi connectivity index (χ3n) is 4.81. The third-order valence-corrected chi connectivity index (χ3v) is 5.57. The lowest BCUT2D eigenvalue weighted by atomic mass is 9.99. The first-order valence-electron chi connectivity index (χ1n) is 8.57. The van der Waals surface area contributed by atoms with Crippen molar-refractivity contribution in [3.63, 3.8) is 0 Å². The fourth-order valence-electron chi connectivity index (χ4n) is 3.17. The highest BCUT2D eigenvalue weighted by molar-refractivity contribution is 7.14. The maximum Gasteiger partial charge on any atom is 0.226 e. The van der Waals surface area contributed by atoms with E-state index in [1.54, 1.807) is 0 Å². The minimum atomic E-state index is 0.0691. The number of thiazole rings is 1. The molecule has 1 aromatic heterocycles. The van der Waals surface area contributed by atoms with Gasteiger partial charge in [-0.05, 0) is 75.4 Å². The summed E-state index contributed by atoms with van der Waals surface area (Å²) >= 11 is 1.49. The molecular formula is C19H25N3OS. The summed E-state index contributed by atoms with van der Waals surface area (Å²) in [7, 11) is 0. The van der Waals surface area contributed by atoms with Crippen LogP contribution in [0.4, 0.5) is 5.13 Å². The van der Waals surface area contributed by atoms with Gasteiger partial charge in [-0.15, -0.1) is 11.3 Å². The molecule has 0 radical (unpaired) electrons. The summed E-state index contributed by atoms with van der Waals surface area (Å²) in [5, 5.41) is 9.00. The molecule has 1 saturated heterocycles. The standard InChI is InChI=1S/C19H25N3OS/c1-12-8-14(3)16(9-13(12)2)17-11-24-19(21-17)22-18(23)5-4-15-6-7-20-10-15/h8-9,11,15,20H,4-7,10H2,1-3H3,(H,21,22,23). The summed E-state index contributed by atoms with van der Waals surface area (Å²) in [5.74, 6) is 0.709. The molecule has 4 nitrogen and oxygen atoms in total. The molecule has 1 atom stereocenters. The number of benzene rings is 1. The normalized spacial score (nSPS) is 17.2. The molecule has 0 saturated carbocycles. The number of anilines is 1. The lowest BCUT2D eigenvalue weighted by Crippen LogP contribution is -2.14. The molecule has 1 aliphatic rings. The van der Waals surface area contributed by atoms with Crippen molar-refractivity contribution in [2.24, 2.45) is 5.92 Å². The van der Waals surface area contributed by atoms with Crippen molar-refractivity contribution in [3.05, 3.63) is 34.2 Å². The fourth-order valence-corrected chi connectivity index (χ4v) is 3.90. The van der Waals surface area contributed by atoms with Crippen molar-refractivity contribution in [1.29, 1.82) is 0 Å². The van der Waals surface area contributed by atoms with Crippen LogP contribution in [0.3, 0.4) is 0 Å². The Kier molecular flexibility index (Phi) is 5.31. The van der Waals surface area contributed by atoms with Gasteiger partial charge in [0.25, 0.3) is 0 Å². The zero-order valence-electron chi connectivity index (χ0n) is 14.6. The van der Waals surface area contributed by atoms with Crippen molar-refractivity contribution in [1.82, 2.24) is 10.3 Å². The predicted molar refractivity (Wildman–Crippen MR) is 101 cm³/mol. The number of carbonyl (C=O) groups excluding carboxylic acids is 1. The van der Waals surface area contributed by atoms with Crippen molar-refractivity contribution in [3.8, 4) is 11.3 Å². The van der Waals surface area contributed by atoms with Crippen LogP contribution in [0.1, 0.15) is 36.0 Å². The van der Waals surface area contributed by atoms with E-state index in [0.717, 1.165) is 30.8 Å². The molecule has 2 heterocycles. The molecule has 2 N–H and O–H groups in total. The molecule has 1 fully saturated rings. The van der Waals surface area contributed by atoms with Crippen LogP contribution < -0.4 is 10.6 Å². The number of hydrogen-bond donors (Lipinski definition) is 2. The van der Waals surface area contributed by atoms with E-state index in [9.17, 15) is 4.79 Å². The molecule has 128 valence electrons. The first-order chi connectivity index (χ1) is 11.5. The summed E-state index contributed by atoms with van der Waals surface area (Å²) in [6.07, 6.45) is 2.71. The summed E-state index contributed by atoms with van der Waals surface area (Å²) in [4.78, 5) is 16.7. The van der Waals surface area contributed by atoms with E-state index >= 15 is 0 Å². The second kappa shape index (κ2) is 7.45. The smallest absolute Gasteiger partial charge is 0.226 e. The van der Waals surface area contributed by atoms with E-state index in [2.05, 4.69) is 48.5 Å². The number of aryl methyl sites for hydroxylation is 3. The summed E-state index contributed by atoms with van der Waals surface area (Å²) in [5.41, 5.74) is 5.86. The van der Waals surface area contributed by atoms with Crippen LogP contribution in [0.2, 0.25) is 0 Å². The molecule has 1 aromatic carbocycles. The lowest BCUT2D eigenvalue weighted by molar-refractivity contribution is -0.116. The highest BCUT2D eigenvalue weighted by atomic mass is 32.1. The topological polar surface area (TPSA) is 54.0 Å². The van der Waals surface area contributed by atoms with Gasteiger partial charge in [0.15, 0.2) is 5.13 Å². The molecule has 1 unspecified atom stereocenters. The second-order valence-electron chi connectivity index (χ2n) is 6.73. The van der Waals surface area contributed by atoms with E-state index < -0.39 is 0 Å². The van der Waals surface area contributed by atoms with E-state index in [1.165, 1.54) is 34.4 Å². The average molecular weight is 343 g/mol. The number of aromatic nitrogens is 1. The van der Waals surface area contributed by atoms with Gasteiger partial charge in [0.2, 0.25) is 5.91 Å². The molecule has 0 spiro atoms. The van der Waals surface area contributed by atoms with Gasteiger partial charge in [-0.3, -0.25) is 4.79 Å². The highest BCUT2D eigenvalue weighted by Crippen LogP contribution is 2.29. The van der Waals surface area contributed by atoms with Crippen LogP contribution in [-0.2, 0) is 4.79 Å². The summed E-state index contributed by atoms with van der Waals surface area (Å²) in [6, 6.07) is 4.37.